The molecule has 7 nitrogen and oxygen atoms in total. The summed E-state index contributed by atoms with van der Waals surface area (Å²) in [6.07, 6.45) is 3.79. The summed E-state index contributed by atoms with van der Waals surface area (Å²) in [5.41, 5.74) is 1.20. The normalized spacial score (nSPS) is 11.2. The van der Waals surface area contributed by atoms with Crippen LogP contribution in [0.25, 0.3) is 0 Å². The summed E-state index contributed by atoms with van der Waals surface area (Å²) in [6.45, 7) is 12.1. The zero-order valence-corrected chi connectivity index (χ0v) is 20.4. The molecule has 33 heavy (non-hydrogen) atoms. The Hall–Kier alpha value is -2.74. The van der Waals surface area contributed by atoms with Gasteiger partial charge in [-0.15, -0.1) is 0 Å². The van der Waals surface area contributed by atoms with Gasteiger partial charge in [-0.2, -0.15) is 10.1 Å². The summed E-state index contributed by atoms with van der Waals surface area (Å²) >= 11 is 0. The van der Waals surface area contributed by atoms with Crippen molar-refractivity contribution in [1.82, 2.24) is 0 Å². The highest BCUT2D eigenvalue weighted by molar-refractivity contribution is 5.91. The molecule has 0 saturated carbocycles. The van der Waals surface area contributed by atoms with Crippen LogP contribution >= 0.6 is 0 Å². The highest BCUT2D eigenvalue weighted by Gasteiger charge is 2.25. The molecule has 2 rings (SSSR count). The Kier molecular flexibility index (Phi) is 11.8. The molecule has 7 heteroatoms. The third-order valence-electron chi connectivity index (χ3n) is 5.06. The molecule has 0 aliphatic heterocycles. The van der Waals surface area contributed by atoms with Crippen LogP contribution in [0.15, 0.2) is 54.6 Å². The van der Waals surface area contributed by atoms with Gasteiger partial charge in [0.05, 0.1) is 11.1 Å². The highest BCUT2D eigenvalue weighted by Crippen LogP contribution is 2.31. The summed E-state index contributed by atoms with van der Waals surface area (Å²) in [4.78, 5) is 36.3. The van der Waals surface area contributed by atoms with Gasteiger partial charge in [0.15, 0.2) is 0 Å². The SMILES string of the molecule is CCCC(C)(C)OOOC(=O)c1ccccc1.CCCC(C)(C)c1ccccc1C(=O)OO. The van der Waals surface area contributed by atoms with Gasteiger partial charge in [0.1, 0.15) is 5.60 Å². The van der Waals surface area contributed by atoms with Crippen molar-refractivity contribution in [3.8, 4) is 0 Å². The van der Waals surface area contributed by atoms with E-state index in [4.69, 9.17) is 10.1 Å². The molecule has 2 aromatic rings. The lowest BCUT2D eigenvalue weighted by atomic mass is 9.78. The Morgan fingerprint density at radius 1 is 0.818 bits per heavy atom. The lowest BCUT2D eigenvalue weighted by Crippen LogP contribution is -2.25. The van der Waals surface area contributed by atoms with Crippen LogP contribution < -0.4 is 0 Å². The first-order valence-electron chi connectivity index (χ1n) is 11.1. The molecule has 0 atom stereocenters. The van der Waals surface area contributed by atoms with Crippen molar-refractivity contribution in [1.29, 1.82) is 0 Å². The molecule has 0 bridgehead atoms. The van der Waals surface area contributed by atoms with E-state index in [1.165, 1.54) is 0 Å². The van der Waals surface area contributed by atoms with Crippen molar-refractivity contribution >= 4 is 11.9 Å². The van der Waals surface area contributed by atoms with E-state index in [1.807, 2.05) is 39.0 Å². The van der Waals surface area contributed by atoms with Gasteiger partial charge in [0.25, 0.3) is 0 Å². The van der Waals surface area contributed by atoms with Gasteiger partial charge in [0.2, 0.25) is 0 Å². The Bertz CT molecular complexity index is 860. The van der Waals surface area contributed by atoms with Crippen molar-refractivity contribution in [3.63, 3.8) is 0 Å². The highest BCUT2D eigenvalue weighted by atomic mass is 17.5. The molecule has 0 radical (unpaired) electrons. The molecule has 0 unspecified atom stereocenters. The third-order valence-corrected chi connectivity index (χ3v) is 5.06. The first-order valence-corrected chi connectivity index (χ1v) is 11.1. The largest absolute Gasteiger partial charge is 0.376 e. The second-order valence-corrected chi connectivity index (χ2v) is 8.96. The summed E-state index contributed by atoms with van der Waals surface area (Å²) < 4.78 is 0. The van der Waals surface area contributed by atoms with Crippen LogP contribution in [-0.4, -0.2) is 22.8 Å². The van der Waals surface area contributed by atoms with E-state index in [2.05, 4.69) is 35.6 Å². The molecule has 1 N–H and O–H groups in total. The maximum Gasteiger partial charge on any atom is 0.376 e. The molecule has 0 aliphatic rings. The van der Waals surface area contributed by atoms with Crippen molar-refractivity contribution in [2.45, 2.75) is 78.2 Å². The van der Waals surface area contributed by atoms with E-state index < -0.39 is 17.5 Å². The number of hydrogen-bond donors (Lipinski definition) is 1. The number of carbonyl (C=O) groups is 2. The molecular formula is C26H36O7. The number of rotatable bonds is 10. The van der Waals surface area contributed by atoms with E-state index in [0.717, 1.165) is 31.2 Å². The van der Waals surface area contributed by atoms with Crippen molar-refractivity contribution in [3.05, 3.63) is 71.3 Å². The lowest BCUT2D eigenvalue weighted by Gasteiger charge is -2.26. The van der Waals surface area contributed by atoms with Crippen LogP contribution in [0, 0.1) is 0 Å². The topological polar surface area (TPSA) is 91.3 Å². The van der Waals surface area contributed by atoms with Crippen LogP contribution in [-0.2, 0) is 25.1 Å². The van der Waals surface area contributed by atoms with Crippen LogP contribution in [0.4, 0.5) is 0 Å². The van der Waals surface area contributed by atoms with Gasteiger partial charge >= 0.3 is 11.9 Å². The predicted molar refractivity (Wildman–Crippen MR) is 125 cm³/mol. The molecule has 0 amide bonds. The average molecular weight is 461 g/mol. The average Bonchev–Trinajstić information content (AvgIpc) is 2.79. The van der Waals surface area contributed by atoms with Crippen molar-refractivity contribution in [2.75, 3.05) is 0 Å². The maximum absolute atomic E-state index is 11.5. The van der Waals surface area contributed by atoms with Gasteiger partial charge in [-0.05, 0) is 60.9 Å². The number of hydrogen-bond acceptors (Lipinski definition) is 7. The van der Waals surface area contributed by atoms with Crippen molar-refractivity contribution < 1.29 is 34.5 Å². The van der Waals surface area contributed by atoms with Gasteiger partial charge in [-0.3, -0.25) is 9.78 Å². The molecule has 0 fully saturated rings. The van der Waals surface area contributed by atoms with E-state index >= 15 is 0 Å². The monoisotopic (exact) mass is 460 g/mol. The quantitative estimate of drug-likeness (QED) is 0.312. The number of carbonyl (C=O) groups excluding carboxylic acids is 2. The first-order chi connectivity index (χ1) is 15.6. The molecule has 0 spiro atoms. The molecule has 0 aliphatic carbocycles. The molecule has 0 heterocycles. The Balaban J connectivity index is 0.000000331. The second kappa shape index (κ2) is 13.7. The fourth-order valence-electron chi connectivity index (χ4n) is 3.47. The molecular weight excluding hydrogens is 424 g/mol. The fourth-order valence-corrected chi connectivity index (χ4v) is 3.47. The summed E-state index contributed by atoms with van der Waals surface area (Å²) in [6, 6.07) is 15.8. The molecule has 0 saturated heterocycles. The van der Waals surface area contributed by atoms with Crippen LogP contribution in [0.5, 0.6) is 0 Å². The van der Waals surface area contributed by atoms with Gasteiger partial charge in [-0.1, -0.05) is 76.9 Å². The minimum atomic E-state index is -0.695. The minimum absolute atomic E-state index is 0.0977. The Morgan fingerprint density at radius 2 is 1.39 bits per heavy atom. The van der Waals surface area contributed by atoms with E-state index in [1.54, 1.807) is 36.4 Å². The third kappa shape index (κ3) is 9.74. The maximum atomic E-state index is 11.5. The zero-order valence-electron chi connectivity index (χ0n) is 20.4. The van der Waals surface area contributed by atoms with Crippen LogP contribution in [0.3, 0.4) is 0 Å². The summed E-state index contributed by atoms with van der Waals surface area (Å²) in [7, 11) is 0. The van der Waals surface area contributed by atoms with Crippen LogP contribution in [0.2, 0.25) is 0 Å². The lowest BCUT2D eigenvalue weighted by molar-refractivity contribution is -0.513. The standard InChI is InChI=1S/C13H18O4.C13H18O3/c1-4-10-13(2,3)16-17-15-12(14)11-8-6-5-7-9-11;1-4-9-13(2,3)11-8-6-5-7-10(11)12(14)16-15/h5-9H,4,10H2,1-3H3;5-8,15H,4,9H2,1-3H3. The summed E-state index contributed by atoms with van der Waals surface area (Å²) in [5, 5.41) is 13.0. The predicted octanol–water partition coefficient (Wildman–Crippen LogP) is 6.68. The van der Waals surface area contributed by atoms with E-state index in [-0.39, 0.29) is 5.41 Å². The minimum Gasteiger partial charge on any atom is -0.295 e. The molecule has 2 aromatic carbocycles. The van der Waals surface area contributed by atoms with E-state index in [0.29, 0.717) is 11.1 Å². The van der Waals surface area contributed by atoms with Gasteiger partial charge in [0, 0.05) is 0 Å². The smallest absolute Gasteiger partial charge is 0.295 e. The van der Waals surface area contributed by atoms with Crippen LogP contribution in [0.1, 0.15) is 93.5 Å². The Morgan fingerprint density at radius 3 is 1.97 bits per heavy atom. The molecule has 0 aromatic heterocycles. The summed E-state index contributed by atoms with van der Waals surface area (Å²) in [5.74, 6) is -1.27. The van der Waals surface area contributed by atoms with Crippen molar-refractivity contribution in [2.24, 2.45) is 0 Å². The van der Waals surface area contributed by atoms with E-state index in [9.17, 15) is 9.59 Å². The zero-order chi connectivity index (χ0) is 24.9. The molecule has 182 valence electrons. The fraction of sp³-hybridized carbons (Fsp3) is 0.462. The van der Waals surface area contributed by atoms with Gasteiger partial charge in [-0.25, -0.2) is 9.59 Å². The van der Waals surface area contributed by atoms with Gasteiger partial charge < -0.3 is 0 Å². The Labute approximate surface area is 196 Å². The first kappa shape index (κ1) is 28.3. The number of benzene rings is 2. The second-order valence-electron chi connectivity index (χ2n) is 8.96.